The SMILES string of the molecule is CC/C=C\C/C=C\C/C=C\C/C=C\C/C=C\C/C=C\C/C=C\C/C=C\CCCCC(=O)NC(COC1OC(CO)C(OC2OC(CO)C(O)C(O)C2O)C(O)C1O)C(O)/C=C/CCCCCCCCCCCCCCCCCCC. The van der Waals surface area contributed by atoms with Crippen LogP contribution in [-0.2, 0) is 23.7 Å². The molecule has 0 aromatic rings. The molecule has 458 valence electrons. The number of hydrogen-bond acceptors (Lipinski definition) is 13. The zero-order valence-corrected chi connectivity index (χ0v) is 49.3. The molecule has 80 heavy (non-hydrogen) atoms. The molecule has 9 N–H and O–H groups in total. The minimum atomic E-state index is -1.80. The molecule has 0 bridgehead atoms. The minimum absolute atomic E-state index is 0.219. The van der Waals surface area contributed by atoms with Gasteiger partial charge in [-0.2, -0.15) is 0 Å². The second kappa shape index (κ2) is 50.2. The zero-order chi connectivity index (χ0) is 58.1. The molecule has 2 rings (SSSR count). The van der Waals surface area contributed by atoms with Crippen LogP contribution in [-0.4, -0.2) is 140 Å². The average Bonchev–Trinajstić information content (AvgIpc) is 3.49. The molecule has 2 heterocycles. The van der Waals surface area contributed by atoms with Crippen molar-refractivity contribution in [2.75, 3.05) is 19.8 Å². The number of rotatable bonds is 48. The van der Waals surface area contributed by atoms with Crippen molar-refractivity contribution in [3.8, 4) is 0 Å². The van der Waals surface area contributed by atoms with Gasteiger partial charge in [0.2, 0.25) is 5.91 Å². The molecule has 14 heteroatoms. The molecule has 12 unspecified atom stereocenters. The molecule has 0 aromatic carbocycles. The van der Waals surface area contributed by atoms with Crippen molar-refractivity contribution in [2.45, 2.75) is 280 Å². The van der Waals surface area contributed by atoms with Crippen LogP contribution in [0.5, 0.6) is 0 Å². The largest absolute Gasteiger partial charge is 0.394 e. The predicted octanol–water partition coefficient (Wildman–Crippen LogP) is 11.2. The second-order valence-electron chi connectivity index (χ2n) is 21.5. The first kappa shape index (κ1) is 72.8. The third-order valence-electron chi connectivity index (χ3n) is 14.5. The van der Waals surface area contributed by atoms with E-state index in [0.717, 1.165) is 83.5 Å². The van der Waals surface area contributed by atoms with Gasteiger partial charge in [0.25, 0.3) is 0 Å². The molecule has 0 aliphatic carbocycles. The summed E-state index contributed by atoms with van der Waals surface area (Å²) in [5.74, 6) is -0.285. The number of unbranched alkanes of at least 4 members (excludes halogenated alkanes) is 19. The molecule has 14 nitrogen and oxygen atoms in total. The molecule has 1 amide bonds. The van der Waals surface area contributed by atoms with Crippen LogP contribution in [0.2, 0.25) is 0 Å². The highest BCUT2D eigenvalue weighted by Gasteiger charge is 2.51. The van der Waals surface area contributed by atoms with Gasteiger partial charge in [0.1, 0.15) is 48.8 Å². The molecule has 0 saturated carbocycles. The fourth-order valence-electron chi connectivity index (χ4n) is 9.48. The smallest absolute Gasteiger partial charge is 0.220 e. The molecular formula is C66H111NO13. The Hall–Kier alpha value is -3.35. The highest BCUT2D eigenvalue weighted by molar-refractivity contribution is 5.76. The number of ether oxygens (including phenoxy) is 4. The Kier molecular flexibility index (Phi) is 45.6. The van der Waals surface area contributed by atoms with Gasteiger partial charge in [-0.05, 0) is 83.5 Å². The van der Waals surface area contributed by atoms with Crippen LogP contribution in [0.3, 0.4) is 0 Å². The van der Waals surface area contributed by atoms with Crippen LogP contribution in [0.25, 0.3) is 0 Å². The molecular weight excluding hydrogens is 1010 g/mol. The molecule has 0 spiro atoms. The molecule has 2 aliphatic heterocycles. The van der Waals surface area contributed by atoms with Gasteiger partial charge in [-0.15, -0.1) is 0 Å². The summed E-state index contributed by atoms with van der Waals surface area (Å²) in [5, 5.41) is 87.2. The van der Waals surface area contributed by atoms with Crippen LogP contribution in [0, 0.1) is 0 Å². The number of carbonyl (C=O) groups is 1. The Labute approximate surface area is 483 Å². The van der Waals surface area contributed by atoms with E-state index in [-0.39, 0.29) is 18.9 Å². The van der Waals surface area contributed by atoms with Crippen LogP contribution in [0.15, 0.2) is 109 Å². The molecule has 2 aliphatic rings. The molecule has 2 saturated heterocycles. The average molecular weight is 1130 g/mol. The maximum atomic E-state index is 13.3. The summed E-state index contributed by atoms with van der Waals surface area (Å²) in [7, 11) is 0. The van der Waals surface area contributed by atoms with E-state index in [2.05, 4.69) is 116 Å². The summed E-state index contributed by atoms with van der Waals surface area (Å²) in [6, 6.07) is -0.947. The van der Waals surface area contributed by atoms with Gasteiger partial charge >= 0.3 is 0 Å². The first-order chi connectivity index (χ1) is 39.1. The summed E-state index contributed by atoms with van der Waals surface area (Å²) in [6.07, 6.45) is 54.1. The minimum Gasteiger partial charge on any atom is -0.394 e. The number of carbonyl (C=O) groups excluding carboxylic acids is 1. The lowest BCUT2D eigenvalue weighted by Gasteiger charge is -2.46. The van der Waals surface area contributed by atoms with E-state index >= 15 is 0 Å². The third-order valence-corrected chi connectivity index (χ3v) is 14.5. The van der Waals surface area contributed by atoms with Crippen molar-refractivity contribution in [1.82, 2.24) is 5.32 Å². The number of hydrogen-bond donors (Lipinski definition) is 9. The lowest BCUT2D eigenvalue weighted by molar-refractivity contribution is -0.359. The van der Waals surface area contributed by atoms with Crippen molar-refractivity contribution >= 4 is 5.91 Å². The quantitative estimate of drug-likeness (QED) is 0.0204. The monoisotopic (exact) mass is 1130 g/mol. The Morgan fingerprint density at radius 1 is 0.463 bits per heavy atom. The lowest BCUT2D eigenvalue weighted by Crippen LogP contribution is -2.65. The molecule has 0 aromatic heterocycles. The van der Waals surface area contributed by atoms with E-state index in [0.29, 0.717) is 6.42 Å². The third kappa shape index (κ3) is 34.9. The van der Waals surface area contributed by atoms with Crippen LogP contribution >= 0.6 is 0 Å². The summed E-state index contributed by atoms with van der Waals surface area (Å²) in [6.45, 7) is 2.65. The fourth-order valence-corrected chi connectivity index (χ4v) is 9.48. The van der Waals surface area contributed by atoms with Gasteiger partial charge in [-0.1, -0.05) is 226 Å². The van der Waals surface area contributed by atoms with E-state index in [9.17, 15) is 45.6 Å². The highest BCUT2D eigenvalue weighted by atomic mass is 16.7. The summed E-state index contributed by atoms with van der Waals surface area (Å²) >= 11 is 0. The predicted molar refractivity (Wildman–Crippen MR) is 322 cm³/mol. The van der Waals surface area contributed by atoms with E-state index in [1.807, 2.05) is 6.08 Å². The number of aliphatic hydroxyl groups excluding tert-OH is 8. The van der Waals surface area contributed by atoms with Crippen molar-refractivity contribution in [3.05, 3.63) is 109 Å². The second-order valence-corrected chi connectivity index (χ2v) is 21.5. The van der Waals surface area contributed by atoms with Crippen molar-refractivity contribution < 1.29 is 64.6 Å². The Bertz CT molecular complexity index is 1760. The number of amides is 1. The number of nitrogens with one attached hydrogen (secondary N) is 1. The van der Waals surface area contributed by atoms with E-state index in [1.54, 1.807) is 6.08 Å². The number of aliphatic hydroxyl groups is 8. The van der Waals surface area contributed by atoms with Crippen molar-refractivity contribution in [1.29, 1.82) is 0 Å². The Morgan fingerprint density at radius 2 is 0.863 bits per heavy atom. The fraction of sp³-hybridized carbons (Fsp3) is 0.712. The first-order valence-electron chi connectivity index (χ1n) is 31.1. The van der Waals surface area contributed by atoms with E-state index < -0.39 is 86.8 Å². The first-order valence-corrected chi connectivity index (χ1v) is 31.1. The zero-order valence-electron chi connectivity index (χ0n) is 49.3. The highest BCUT2D eigenvalue weighted by Crippen LogP contribution is 2.30. The normalized spacial score (nSPS) is 25.0. The standard InChI is InChI=1S/C66H111NO13/c1-3-5-7-9-11-13-15-17-19-21-23-24-25-26-27-28-29-30-32-34-36-38-40-42-44-46-48-50-58(71)67-54(55(70)49-47-45-43-41-39-37-35-33-31-22-20-18-16-14-12-10-8-6-4-2)53-77-65-63(76)61(74)64(57(52-69)79-65)80-66-62(75)60(73)59(72)56(51-68)78-66/h5,7,11,13,17,19,23-24,26-27,29-30,34,36,40,42,47,49,54-57,59-66,68-70,72-76H,3-4,6,8-10,12,14-16,18,20-22,25,28,31-33,35,37-39,41,43-46,48,50-53H2,1-2H3,(H,67,71)/b7-5-,13-11-,19-17-,24-23-,27-26-,30-29-,36-34-,42-40-,49-47+. The molecule has 2 fully saturated rings. The molecule has 0 radical (unpaired) electrons. The van der Waals surface area contributed by atoms with E-state index in [4.69, 9.17) is 18.9 Å². The maximum absolute atomic E-state index is 13.3. The van der Waals surface area contributed by atoms with Crippen molar-refractivity contribution in [2.24, 2.45) is 0 Å². The van der Waals surface area contributed by atoms with Gasteiger partial charge in [0.15, 0.2) is 12.6 Å². The van der Waals surface area contributed by atoms with Crippen LogP contribution in [0.4, 0.5) is 0 Å². The summed E-state index contributed by atoms with van der Waals surface area (Å²) in [4.78, 5) is 13.3. The summed E-state index contributed by atoms with van der Waals surface area (Å²) < 4.78 is 22.8. The van der Waals surface area contributed by atoms with Crippen LogP contribution in [0.1, 0.15) is 206 Å². The topological polar surface area (TPSA) is 228 Å². The van der Waals surface area contributed by atoms with Gasteiger partial charge < -0.3 is 65.1 Å². The van der Waals surface area contributed by atoms with Gasteiger partial charge in [0.05, 0.1) is 32.0 Å². The van der Waals surface area contributed by atoms with Gasteiger partial charge in [-0.3, -0.25) is 4.79 Å². The van der Waals surface area contributed by atoms with E-state index in [1.165, 1.54) is 96.3 Å². The van der Waals surface area contributed by atoms with Crippen molar-refractivity contribution in [3.63, 3.8) is 0 Å². The lowest BCUT2D eigenvalue weighted by atomic mass is 9.97. The summed E-state index contributed by atoms with van der Waals surface area (Å²) in [5.41, 5.74) is 0. The number of allylic oxidation sites excluding steroid dienone is 17. The Morgan fingerprint density at radius 3 is 1.32 bits per heavy atom. The van der Waals surface area contributed by atoms with Crippen LogP contribution < -0.4 is 5.32 Å². The molecule has 12 atom stereocenters. The maximum Gasteiger partial charge on any atom is 0.220 e. The van der Waals surface area contributed by atoms with Gasteiger partial charge in [-0.25, -0.2) is 0 Å². The van der Waals surface area contributed by atoms with Gasteiger partial charge in [0, 0.05) is 6.42 Å². The Balaban J connectivity index is 1.78.